The molecule has 0 aromatic heterocycles. The molecule has 0 fully saturated rings. The maximum Gasteiger partial charge on any atom is 0.205 e. The van der Waals surface area contributed by atoms with Crippen LogP contribution < -0.4 is 16.6 Å². The first-order valence-electron chi connectivity index (χ1n) is 6.26. The van der Waals surface area contributed by atoms with Crippen LogP contribution in [0.3, 0.4) is 0 Å². The van der Waals surface area contributed by atoms with Gasteiger partial charge >= 0.3 is 0 Å². The van der Waals surface area contributed by atoms with Crippen molar-refractivity contribution in [2.45, 2.75) is 27.7 Å². The molecular weight excluding hydrogens is 216 g/mol. The van der Waals surface area contributed by atoms with Gasteiger partial charge in [-0.2, -0.15) is 0 Å². The zero-order valence-electron chi connectivity index (χ0n) is 11.8. The summed E-state index contributed by atoms with van der Waals surface area (Å²) in [6, 6.07) is 0. The van der Waals surface area contributed by atoms with Gasteiger partial charge in [0.05, 0.1) is 6.61 Å². The number of hydrazine groups is 1. The van der Waals surface area contributed by atoms with E-state index >= 15 is 0 Å². The Morgan fingerprint density at radius 2 is 1.82 bits per heavy atom. The maximum atomic E-state index is 5.41. The minimum absolute atomic E-state index is 0.572. The number of nitrogens with two attached hydrogens (primary N) is 1. The van der Waals surface area contributed by atoms with Crippen molar-refractivity contribution in [2.75, 3.05) is 26.8 Å². The number of methoxy groups -OCH3 is 1. The Labute approximate surface area is 105 Å². The molecule has 17 heavy (non-hydrogen) atoms. The number of hydrogen-bond donors (Lipinski definition) is 3. The molecule has 5 nitrogen and oxygen atoms in total. The van der Waals surface area contributed by atoms with Gasteiger partial charge in [0.2, 0.25) is 5.96 Å². The van der Waals surface area contributed by atoms with Crippen molar-refractivity contribution in [3.63, 3.8) is 0 Å². The van der Waals surface area contributed by atoms with Crippen molar-refractivity contribution in [1.29, 1.82) is 0 Å². The fraction of sp³-hybridized carbons (Fsp3) is 0.917. The standard InChI is InChI=1S/C12H28N4O/c1-9(2)11(10(3)4)8-15-12(16-13)14-6-7-17-5/h9-11H,6-8,13H2,1-5H3,(H2,14,15,16). The lowest BCUT2D eigenvalue weighted by molar-refractivity contribution is 0.203. The van der Waals surface area contributed by atoms with E-state index in [-0.39, 0.29) is 0 Å². The molecule has 0 bridgehead atoms. The summed E-state index contributed by atoms with van der Waals surface area (Å²) >= 11 is 0. The van der Waals surface area contributed by atoms with Crippen LogP contribution in [0.1, 0.15) is 27.7 Å². The van der Waals surface area contributed by atoms with Crippen molar-refractivity contribution in [3.05, 3.63) is 0 Å². The summed E-state index contributed by atoms with van der Waals surface area (Å²) in [5.74, 6) is 7.86. The fourth-order valence-electron chi connectivity index (χ4n) is 1.81. The van der Waals surface area contributed by atoms with Crippen molar-refractivity contribution < 1.29 is 4.74 Å². The molecule has 0 spiro atoms. The maximum absolute atomic E-state index is 5.41. The Balaban J connectivity index is 4.22. The molecule has 0 saturated heterocycles. The molecule has 0 radical (unpaired) electrons. The zero-order chi connectivity index (χ0) is 13.3. The van der Waals surface area contributed by atoms with E-state index in [1.807, 2.05) is 0 Å². The van der Waals surface area contributed by atoms with Gasteiger partial charge in [-0.3, -0.25) is 10.4 Å². The summed E-state index contributed by atoms with van der Waals surface area (Å²) in [6.07, 6.45) is 0. The van der Waals surface area contributed by atoms with Crippen LogP contribution in [0.2, 0.25) is 0 Å². The highest BCUT2D eigenvalue weighted by Crippen LogP contribution is 2.20. The predicted molar refractivity (Wildman–Crippen MR) is 72.7 cm³/mol. The minimum Gasteiger partial charge on any atom is -0.383 e. The average Bonchev–Trinajstić information content (AvgIpc) is 2.26. The molecule has 4 N–H and O–H groups in total. The molecule has 0 aliphatic rings. The highest BCUT2D eigenvalue weighted by molar-refractivity contribution is 5.79. The highest BCUT2D eigenvalue weighted by Gasteiger charge is 2.16. The first-order chi connectivity index (χ1) is 8.02. The Hall–Kier alpha value is -0.810. The van der Waals surface area contributed by atoms with E-state index < -0.39 is 0 Å². The molecule has 0 aliphatic heterocycles. The van der Waals surface area contributed by atoms with Crippen LogP contribution in [0.15, 0.2) is 4.99 Å². The monoisotopic (exact) mass is 244 g/mol. The quantitative estimate of drug-likeness (QED) is 0.205. The topological polar surface area (TPSA) is 71.7 Å². The number of ether oxygens (including phenoxy) is 1. The summed E-state index contributed by atoms with van der Waals surface area (Å²) < 4.78 is 4.95. The molecule has 0 aliphatic carbocycles. The molecule has 0 atom stereocenters. The molecule has 0 aromatic carbocycles. The largest absolute Gasteiger partial charge is 0.383 e. The molecular formula is C12H28N4O. The van der Waals surface area contributed by atoms with Gasteiger partial charge in [-0.05, 0) is 17.8 Å². The van der Waals surface area contributed by atoms with E-state index in [0.717, 1.165) is 6.54 Å². The SMILES string of the molecule is COCCNC(=NCC(C(C)C)C(C)C)NN. The van der Waals surface area contributed by atoms with Crippen LogP contribution in [0, 0.1) is 17.8 Å². The lowest BCUT2D eigenvalue weighted by Crippen LogP contribution is -2.43. The van der Waals surface area contributed by atoms with Crippen LogP contribution in [-0.2, 0) is 4.74 Å². The van der Waals surface area contributed by atoms with Gasteiger partial charge in [0, 0.05) is 20.2 Å². The summed E-state index contributed by atoms with van der Waals surface area (Å²) in [5.41, 5.74) is 2.58. The molecule has 5 heteroatoms. The van der Waals surface area contributed by atoms with Gasteiger partial charge in [-0.1, -0.05) is 27.7 Å². The van der Waals surface area contributed by atoms with E-state index in [9.17, 15) is 0 Å². The van der Waals surface area contributed by atoms with Crippen LogP contribution in [0.25, 0.3) is 0 Å². The molecule has 102 valence electrons. The van der Waals surface area contributed by atoms with Crippen LogP contribution in [0.5, 0.6) is 0 Å². The van der Waals surface area contributed by atoms with Crippen LogP contribution in [0.4, 0.5) is 0 Å². The first-order valence-corrected chi connectivity index (χ1v) is 6.26. The van der Waals surface area contributed by atoms with Gasteiger partial charge < -0.3 is 10.1 Å². The molecule has 0 heterocycles. The van der Waals surface area contributed by atoms with E-state index in [0.29, 0.717) is 36.9 Å². The van der Waals surface area contributed by atoms with Gasteiger partial charge in [0.15, 0.2) is 0 Å². The predicted octanol–water partition coefficient (Wildman–Crippen LogP) is 0.970. The van der Waals surface area contributed by atoms with Crippen LogP contribution in [-0.4, -0.2) is 32.8 Å². The molecule has 0 aromatic rings. The third-order valence-electron chi connectivity index (χ3n) is 2.91. The third kappa shape index (κ3) is 7.18. The summed E-state index contributed by atoms with van der Waals surface area (Å²) in [5, 5.41) is 3.09. The Bertz CT molecular complexity index is 209. The number of nitrogens with one attached hydrogen (secondary N) is 2. The molecule has 0 amide bonds. The lowest BCUT2D eigenvalue weighted by atomic mass is 9.86. The van der Waals surface area contributed by atoms with Crippen LogP contribution >= 0.6 is 0 Å². The highest BCUT2D eigenvalue weighted by atomic mass is 16.5. The normalized spacial score (nSPS) is 12.6. The van der Waals surface area contributed by atoms with Crippen molar-refractivity contribution in [1.82, 2.24) is 10.7 Å². The second-order valence-corrected chi connectivity index (χ2v) is 4.91. The second kappa shape index (κ2) is 9.24. The van der Waals surface area contributed by atoms with E-state index in [4.69, 9.17) is 10.6 Å². The summed E-state index contributed by atoms with van der Waals surface area (Å²) in [7, 11) is 1.67. The van der Waals surface area contributed by atoms with E-state index in [1.165, 1.54) is 0 Å². The molecule has 0 rings (SSSR count). The number of hydrogen-bond acceptors (Lipinski definition) is 3. The van der Waals surface area contributed by atoms with Gasteiger partial charge in [0.1, 0.15) is 0 Å². The Morgan fingerprint density at radius 3 is 2.24 bits per heavy atom. The van der Waals surface area contributed by atoms with Gasteiger partial charge in [-0.25, -0.2) is 5.84 Å². The van der Waals surface area contributed by atoms with E-state index in [1.54, 1.807) is 7.11 Å². The fourth-order valence-corrected chi connectivity index (χ4v) is 1.81. The number of guanidine groups is 1. The minimum atomic E-state index is 0.572. The Kier molecular flexibility index (Phi) is 8.80. The lowest BCUT2D eigenvalue weighted by Gasteiger charge is -2.23. The first kappa shape index (κ1) is 16.2. The third-order valence-corrected chi connectivity index (χ3v) is 2.91. The summed E-state index contributed by atoms with van der Waals surface area (Å²) in [6.45, 7) is 11.0. The number of nitrogens with zero attached hydrogens (tertiary/aromatic N) is 1. The van der Waals surface area contributed by atoms with Crippen molar-refractivity contribution in [2.24, 2.45) is 28.6 Å². The smallest absolute Gasteiger partial charge is 0.205 e. The molecule has 0 saturated carbocycles. The van der Waals surface area contributed by atoms with E-state index in [2.05, 4.69) is 43.4 Å². The average molecular weight is 244 g/mol. The van der Waals surface area contributed by atoms with Crippen molar-refractivity contribution >= 4 is 5.96 Å². The van der Waals surface area contributed by atoms with Gasteiger partial charge in [-0.15, -0.1) is 0 Å². The number of rotatable bonds is 7. The summed E-state index contributed by atoms with van der Waals surface area (Å²) in [4.78, 5) is 4.47. The Morgan fingerprint density at radius 1 is 1.24 bits per heavy atom. The van der Waals surface area contributed by atoms with Crippen molar-refractivity contribution in [3.8, 4) is 0 Å². The zero-order valence-corrected chi connectivity index (χ0v) is 11.8. The second-order valence-electron chi connectivity index (χ2n) is 4.91. The molecule has 0 unspecified atom stereocenters. The number of aliphatic imine (C=N–C) groups is 1. The van der Waals surface area contributed by atoms with Gasteiger partial charge in [0.25, 0.3) is 0 Å².